The van der Waals surface area contributed by atoms with Gasteiger partial charge in [0, 0.05) is 22.0 Å². The van der Waals surface area contributed by atoms with E-state index in [1.807, 2.05) is 25.1 Å². The molecule has 3 N–H and O–H groups in total. The van der Waals surface area contributed by atoms with Gasteiger partial charge in [0.2, 0.25) is 10.0 Å². The van der Waals surface area contributed by atoms with Crippen LogP contribution >= 0.6 is 15.9 Å². The third-order valence-corrected chi connectivity index (χ3v) is 5.48. The second kappa shape index (κ2) is 7.22. The average Bonchev–Trinajstić information content (AvgIpc) is 2.91. The lowest BCUT2D eigenvalue weighted by molar-refractivity contribution is 0.0927. The summed E-state index contributed by atoms with van der Waals surface area (Å²) in [5.74, 6) is 0.0126. The van der Waals surface area contributed by atoms with Crippen LogP contribution in [-0.2, 0) is 16.4 Å². The van der Waals surface area contributed by atoms with Crippen LogP contribution in [0.5, 0.6) is 0 Å². The van der Waals surface area contributed by atoms with Crippen molar-refractivity contribution in [1.29, 1.82) is 0 Å². The number of fused-ring (bicyclic) bond motifs is 1. The van der Waals surface area contributed by atoms with E-state index in [1.54, 1.807) is 12.1 Å². The van der Waals surface area contributed by atoms with Crippen molar-refractivity contribution in [1.82, 2.24) is 5.32 Å². The Labute approximate surface area is 159 Å². The maximum absolute atomic E-state index is 12.4. The maximum Gasteiger partial charge on any atom is 0.287 e. The Bertz CT molecular complexity index is 1070. The first-order valence-electron chi connectivity index (χ1n) is 7.84. The Morgan fingerprint density at radius 2 is 1.88 bits per heavy atom. The van der Waals surface area contributed by atoms with Gasteiger partial charge >= 0.3 is 0 Å². The van der Waals surface area contributed by atoms with Gasteiger partial charge in [-0.2, -0.15) is 0 Å². The number of nitrogens with two attached hydrogens (primary N) is 1. The largest absolute Gasteiger partial charge is 0.451 e. The molecule has 0 spiro atoms. The van der Waals surface area contributed by atoms with Crippen molar-refractivity contribution in [2.24, 2.45) is 5.14 Å². The van der Waals surface area contributed by atoms with Gasteiger partial charge in [-0.25, -0.2) is 13.6 Å². The molecule has 0 unspecified atom stereocenters. The maximum atomic E-state index is 12.4. The van der Waals surface area contributed by atoms with Gasteiger partial charge in [0.15, 0.2) is 5.76 Å². The monoisotopic (exact) mass is 436 g/mol. The smallest absolute Gasteiger partial charge is 0.287 e. The van der Waals surface area contributed by atoms with E-state index in [1.165, 1.54) is 12.1 Å². The zero-order valence-electron chi connectivity index (χ0n) is 14.0. The van der Waals surface area contributed by atoms with Gasteiger partial charge in [0.1, 0.15) is 5.58 Å². The highest BCUT2D eigenvalue weighted by Gasteiger charge is 2.17. The van der Waals surface area contributed by atoms with Crippen LogP contribution in [0.4, 0.5) is 0 Å². The summed E-state index contributed by atoms with van der Waals surface area (Å²) in [4.78, 5) is 12.4. The number of carbonyl (C=O) groups excluding carboxylic acids is 1. The molecule has 8 heteroatoms. The van der Waals surface area contributed by atoms with Crippen molar-refractivity contribution in [3.8, 4) is 0 Å². The molecule has 2 aromatic carbocycles. The van der Waals surface area contributed by atoms with Crippen molar-refractivity contribution < 1.29 is 17.6 Å². The summed E-state index contributed by atoms with van der Waals surface area (Å²) in [6.07, 6.45) is 0.557. The summed E-state index contributed by atoms with van der Waals surface area (Å²) in [5, 5.41) is 8.78. The Balaban J connectivity index is 1.65. The summed E-state index contributed by atoms with van der Waals surface area (Å²) in [6.45, 7) is 2.24. The van der Waals surface area contributed by atoms with E-state index in [9.17, 15) is 13.2 Å². The van der Waals surface area contributed by atoms with Crippen LogP contribution in [0, 0.1) is 6.92 Å². The molecule has 0 aliphatic heterocycles. The molecule has 0 aliphatic carbocycles. The number of rotatable bonds is 5. The molecule has 0 atom stereocenters. The SMILES string of the molecule is Cc1c(C(=O)NCCc2ccc(S(N)(=O)=O)cc2)oc2ccc(Br)cc12. The topological polar surface area (TPSA) is 102 Å². The first-order chi connectivity index (χ1) is 12.3. The lowest BCUT2D eigenvalue weighted by Gasteiger charge is -2.05. The fourth-order valence-corrected chi connectivity index (χ4v) is 3.53. The molecule has 1 amide bonds. The zero-order valence-corrected chi connectivity index (χ0v) is 16.4. The number of sulfonamides is 1. The van der Waals surface area contributed by atoms with Crippen molar-refractivity contribution in [2.45, 2.75) is 18.2 Å². The number of amides is 1. The van der Waals surface area contributed by atoms with Gasteiger partial charge in [-0.05, 0) is 49.2 Å². The third-order valence-electron chi connectivity index (χ3n) is 4.06. The number of hydrogen-bond acceptors (Lipinski definition) is 4. The number of primary sulfonamides is 1. The van der Waals surface area contributed by atoms with E-state index >= 15 is 0 Å². The minimum atomic E-state index is -3.70. The standard InChI is InChI=1S/C18H17BrN2O4S/c1-11-15-10-13(19)4-7-16(15)25-17(11)18(22)21-9-8-12-2-5-14(6-3-12)26(20,23)24/h2-7,10H,8-9H2,1H3,(H,21,22)(H2,20,23,24). The zero-order chi connectivity index (χ0) is 18.9. The first-order valence-corrected chi connectivity index (χ1v) is 10.2. The number of hydrogen-bond donors (Lipinski definition) is 2. The van der Waals surface area contributed by atoms with Gasteiger partial charge in [0.25, 0.3) is 5.91 Å². The molecule has 3 rings (SSSR count). The number of benzene rings is 2. The van der Waals surface area contributed by atoms with E-state index < -0.39 is 10.0 Å². The number of furan rings is 1. The fourth-order valence-electron chi connectivity index (χ4n) is 2.66. The lowest BCUT2D eigenvalue weighted by Crippen LogP contribution is -2.25. The van der Waals surface area contributed by atoms with Crippen LogP contribution < -0.4 is 10.5 Å². The number of carbonyl (C=O) groups is 1. The normalized spacial score (nSPS) is 11.7. The molecule has 0 aliphatic rings. The first kappa shape index (κ1) is 18.6. The van der Waals surface area contributed by atoms with Crippen LogP contribution in [0.3, 0.4) is 0 Å². The summed E-state index contributed by atoms with van der Waals surface area (Å²) in [7, 11) is -3.70. The Hall–Kier alpha value is -2.16. The average molecular weight is 437 g/mol. The Kier molecular flexibility index (Phi) is 5.17. The molecule has 0 saturated heterocycles. The molecule has 3 aromatic rings. The quantitative estimate of drug-likeness (QED) is 0.640. The molecule has 0 saturated carbocycles. The van der Waals surface area contributed by atoms with Crippen LogP contribution in [0.1, 0.15) is 21.7 Å². The second-order valence-corrected chi connectivity index (χ2v) is 8.37. The number of halogens is 1. The van der Waals surface area contributed by atoms with Crippen LogP contribution in [0.25, 0.3) is 11.0 Å². The third kappa shape index (κ3) is 3.98. The minimum absolute atomic E-state index is 0.0642. The molecule has 0 radical (unpaired) electrons. The van der Waals surface area contributed by atoms with E-state index in [0.29, 0.717) is 24.3 Å². The van der Waals surface area contributed by atoms with Gasteiger partial charge in [-0.3, -0.25) is 4.79 Å². The van der Waals surface area contributed by atoms with Crippen molar-refractivity contribution >= 4 is 42.8 Å². The second-order valence-electron chi connectivity index (χ2n) is 5.89. The predicted octanol–water partition coefficient (Wildman–Crippen LogP) is 3.12. The molecule has 6 nitrogen and oxygen atoms in total. The molecule has 136 valence electrons. The number of nitrogens with one attached hydrogen (secondary N) is 1. The molecular weight excluding hydrogens is 420 g/mol. The van der Waals surface area contributed by atoms with E-state index in [4.69, 9.17) is 9.56 Å². The van der Waals surface area contributed by atoms with Gasteiger partial charge in [-0.15, -0.1) is 0 Å². The predicted molar refractivity (Wildman–Crippen MR) is 103 cm³/mol. The van der Waals surface area contributed by atoms with E-state index in [2.05, 4.69) is 21.2 Å². The summed E-state index contributed by atoms with van der Waals surface area (Å²) in [6, 6.07) is 11.8. The number of aryl methyl sites for hydroxylation is 1. The van der Waals surface area contributed by atoms with Crippen molar-refractivity contribution in [3.05, 3.63) is 63.8 Å². The highest BCUT2D eigenvalue weighted by molar-refractivity contribution is 9.10. The fraction of sp³-hybridized carbons (Fsp3) is 0.167. The van der Waals surface area contributed by atoms with Crippen LogP contribution in [0.15, 0.2) is 56.2 Å². The summed E-state index contributed by atoms with van der Waals surface area (Å²) < 4.78 is 29.1. The molecular formula is C18H17BrN2O4S. The lowest BCUT2D eigenvalue weighted by atomic mass is 10.1. The van der Waals surface area contributed by atoms with Gasteiger partial charge < -0.3 is 9.73 Å². The Morgan fingerprint density at radius 1 is 1.19 bits per heavy atom. The molecule has 0 bridgehead atoms. The molecule has 26 heavy (non-hydrogen) atoms. The Morgan fingerprint density at radius 3 is 2.54 bits per heavy atom. The summed E-state index contributed by atoms with van der Waals surface area (Å²) >= 11 is 3.41. The highest BCUT2D eigenvalue weighted by Crippen LogP contribution is 2.27. The van der Waals surface area contributed by atoms with Gasteiger partial charge in [-0.1, -0.05) is 28.1 Å². The summed E-state index contributed by atoms with van der Waals surface area (Å²) in [5.41, 5.74) is 2.34. The molecule has 1 heterocycles. The molecule has 0 fully saturated rings. The minimum Gasteiger partial charge on any atom is -0.451 e. The van der Waals surface area contributed by atoms with E-state index in [-0.39, 0.29) is 10.8 Å². The van der Waals surface area contributed by atoms with Crippen molar-refractivity contribution in [2.75, 3.05) is 6.54 Å². The van der Waals surface area contributed by atoms with Crippen molar-refractivity contribution in [3.63, 3.8) is 0 Å². The van der Waals surface area contributed by atoms with Crippen LogP contribution in [-0.4, -0.2) is 20.9 Å². The van der Waals surface area contributed by atoms with E-state index in [0.717, 1.165) is 21.0 Å². The highest BCUT2D eigenvalue weighted by atomic mass is 79.9. The van der Waals surface area contributed by atoms with Gasteiger partial charge in [0.05, 0.1) is 4.90 Å². The molecule has 1 aromatic heterocycles. The van der Waals surface area contributed by atoms with Crippen LogP contribution in [0.2, 0.25) is 0 Å².